The Balaban J connectivity index is 2.62. The fourth-order valence-electron chi connectivity index (χ4n) is 2.19. The van der Waals surface area contributed by atoms with E-state index in [1.807, 2.05) is 0 Å². The summed E-state index contributed by atoms with van der Waals surface area (Å²) in [5, 5.41) is 0. The summed E-state index contributed by atoms with van der Waals surface area (Å²) in [7, 11) is 0. The third kappa shape index (κ3) is 2.32. The SMILES string of the molecule is CCC(C)n1c(CCCl)nc2cc(C)ccc21. The Bertz CT molecular complexity index is 516. The Kier molecular flexibility index (Phi) is 3.72. The molecule has 17 heavy (non-hydrogen) atoms. The second kappa shape index (κ2) is 5.09. The number of rotatable bonds is 4. The highest BCUT2D eigenvalue weighted by Crippen LogP contribution is 2.24. The second-order valence-corrected chi connectivity index (χ2v) is 4.96. The van der Waals surface area contributed by atoms with E-state index in [1.165, 1.54) is 11.1 Å². The van der Waals surface area contributed by atoms with Gasteiger partial charge in [-0.25, -0.2) is 4.98 Å². The van der Waals surface area contributed by atoms with Crippen molar-refractivity contribution < 1.29 is 0 Å². The van der Waals surface area contributed by atoms with Gasteiger partial charge in [0.1, 0.15) is 5.82 Å². The number of hydrogen-bond acceptors (Lipinski definition) is 1. The molecule has 0 spiro atoms. The fraction of sp³-hybridized carbons (Fsp3) is 0.500. The molecule has 2 aromatic rings. The van der Waals surface area contributed by atoms with E-state index in [1.54, 1.807) is 0 Å². The topological polar surface area (TPSA) is 17.8 Å². The molecule has 1 aromatic carbocycles. The molecule has 0 N–H and O–H groups in total. The summed E-state index contributed by atoms with van der Waals surface area (Å²) < 4.78 is 2.33. The Morgan fingerprint density at radius 1 is 1.41 bits per heavy atom. The molecule has 0 aliphatic carbocycles. The molecular formula is C14H19ClN2. The zero-order chi connectivity index (χ0) is 12.4. The maximum Gasteiger partial charge on any atom is 0.111 e. The fourth-order valence-corrected chi connectivity index (χ4v) is 2.36. The summed E-state index contributed by atoms with van der Waals surface area (Å²) >= 11 is 5.86. The number of aromatic nitrogens is 2. The number of aryl methyl sites for hydroxylation is 2. The third-order valence-electron chi connectivity index (χ3n) is 3.27. The van der Waals surface area contributed by atoms with Gasteiger partial charge in [-0.1, -0.05) is 13.0 Å². The first-order valence-electron chi connectivity index (χ1n) is 6.20. The Morgan fingerprint density at radius 2 is 2.18 bits per heavy atom. The summed E-state index contributed by atoms with van der Waals surface area (Å²) in [6.07, 6.45) is 1.94. The number of imidazole rings is 1. The molecule has 0 amide bonds. The lowest BCUT2D eigenvalue weighted by molar-refractivity contribution is 0.525. The van der Waals surface area contributed by atoms with Crippen LogP contribution < -0.4 is 0 Å². The van der Waals surface area contributed by atoms with E-state index in [0.29, 0.717) is 11.9 Å². The van der Waals surface area contributed by atoms with Crippen molar-refractivity contribution in [2.45, 2.75) is 39.7 Å². The lowest BCUT2D eigenvalue weighted by Crippen LogP contribution is -2.09. The molecule has 0 saturated heterocycles. The van der Waals surface area contributed by atoms with Crippen molar-refractivity contribution in [3.63, 3.8) is 0 Å². The van der Waals surface area contributed by atoms with E-state index in [9.17, 15) is 0 Å². The Morgan fingerprint density at radius 3 is 2.82 bits per heavy atom. The van der Waals surface area contributed by atoms with Crippen LogP contribution in [0.2, 0.25) is 0 Å². The van der Waals surface area contributed by atoms with Crippen LogP contribution in [0.3, 0.4) is 0 Å². The largest absolute Gasteiger partial charge is 0.325 e. The molecule has 92 valence electrons. The van der Waals surface area contributed by atoms with Crippen LogP contribution in [-0.2, 0) is 6.42 Å². The second-order valence-electron chi connectivity index (χ2n) is 4.59. The molecule has 2 nitrogen and oxygen atoms in total. The smallest absolute Gasteiger partial charge is 0.111 e. The van der Waals surface area contributed by atoms with Crippen LogP contribution in [0.25, 0.3) is 11.0 Å². The predicted molar refractivity (Wildman–Crippen MR) is 73.9 cm³/mol. The van der Waals surface area contributed by atoms with Crippen molar-refractivity contribution >= 4 is 22.6 Å². The van der Waals surface area contributed by atoms with Crippen LogP contribution >= 0.6 is 11.6 Å². The van der Waals surface area contributed by atoms with Gasteiger partial charge in [0.2, 0.25) is 0 Å². The van der Waals surface area contributed by atoms with Crippen LogP contribution in [0.4, 0.5) is 0 Å². The maximum absolute atomic E-state index is 5.86. The van der Waals surface area contributed by atoms with E-state index in [0.717, 1.165) is 24.2 Å². The Labute approximate surface area is 108 Å². The predicted octanol–water partition coefficient (Wildman–Crippen LogP) is 4.10. The van der Waals surface area contributed by atoms with Gasteiger partial charge in [0.15, 0.2) is 0 Å². The molecule has 1 atom stereocenters. The normalized spacial score (nSPS) is 13.2. The zero-order valence-corrected chi connectivity index (χ0v) is 11.5. The van der Waals surface area contributed by atoms with Crippen LogP contribution in [0.1, 0.15) is 37.7 Å². The van der Waals surface area contributed by atoms with Crippen molar-refractivity contribution in [3.8, 4) is 0 Å². The number of halogens is 1. The van der Waals surface area contributed by atoms with Crippen LogP contribution in [0, 0.1) is 6.92 Å². The highest BCUT2D eigenvalue weighted by molar-refractivity contribution is 6.17. The van der Waals surface area contributed by atoms with Crippen molar-refractivity contribution in [2.75, 3.05) is 5.88 Å². The summed E-state index contributed by atoms with van der Waals surface area (Å²) in [6, 6.07) is 6.93. The van der Waals surface area contributed by atoms with Gasteiger partial charge in [-0.15, -0.1) is 11.6 Å². The molecule has 0 aliphatic heterocycles. The molecule has 3 heteroatoms. The van der Waals surface area contributed by atoms with E-state index in [4.69, 9.17) is 16.6 Å². The average Bonchev–Trinajstić information content (AvgIpc) is 2.65. The first kappa shape index (κ1) is 12.4. The Hall–Kier alpha value is -1.02. The van der Waals surface area contributed by atoms with Crippen molar-refractivity contribution in [1.29, 1.82) is 0 Å². The number of alkyl halides is 1. The van der Waals surface area contributed by atoms with E-state index in [-0.39, 0.29) is 0 Å². The molecule has 1 aromatic heterocycles. The highest BCUT2D eigenvalue weighted by atomic mass is 35.5. The third-order valence-corrected chi connectivity index (χ3v) is 3.46. The lowest BCUT2D eigenvalue weighted by atomic mass is 10.2. The quantitative estimate of drug-likeness (QED) is 0.747. The number of nitrogens with zero attached hydrogens (tertiary/aromatic N) is 2. The van der Waals surface area contributed by atoms with Gasteiger partial charge in [-0.3, -0.25) is 0 Å². The minimum atomic E-state index is 0.473. The first-order chi connectivity index (χ1) is 8.17. The monoisotopic (exact) mass is 250 g/mol. The van der Waals surface area contributed by atoms with Gasteiger partial charge >= 0.3 is 0 Å². The van der Waals surface area contributed by atoms with Crippen molar-refractivity contribution in [1.82, 2.24) is 9.55 Å². The highest BCUT2D eigenvalue weighted by Gasteiger charge is 2.14. The van der Waals surface area contributed by atoms with E-state index < -0.39 is 0 Å². The van der Waals surface area contributed by atoms with Crippen molar-refractivity contribution in [2.24, 2.45) is 0 Å². The molecule has 1 heterocycles. The van der Waals surface area contributed by atoms with Crippen LogP contribution in [0.15, 0.2) is 18.2 Å². The number of benzene rings is 1. The first-order valence-corrected chi connectivity index (χ1v) is 6.74. The van der Waals surface area contributed by atoms with Crippen molar-refractivity contribution in [3.05, 3.63) is 29.6 Å². The summed E-state index contributed by atoms with van der Waals surface area (Å²) in [4.78, 5) is 4.71. The van der Waals surface area contributed by atoms with E-state index >= 15 is 0 Å². The van der Waals surface area contributed by atoms with Gasteiger partial charge in [0, 0.05) is 18.3 Å². The molecule has 0 radical (unpaired) electrons. The average molecular weight is 251 g/mol. The molecule has 0 saturated carbocycles. The van der Waals surface area contributed by atoms with E-state index in [2.05, 4.69) is 43.5 Å². The molecule has 1 unspecified atom stereocenters. The maximum atomic E-state index is 5.86. The standard InChI is InChI=1S/C14H19ClN2/c1-4-11(3)17-13-6-5-10(2)9-12(13)16-14(17)7-8-15/h5-6,9,11H,4,7-8H2,1-3H3. The molecular weight excluding hydrogens is 232 g/mol. The zero-order valence-electron chi connectivity index (χ0n) is 10.7. The van der Waals surface area contributed by atoms with Crippen LogP contribution in [-0.4, -0.2) is 15.4 Å². The van der Waals surface area contributed by atoms with Gasteiger partial charge in [0.05, 0.1) is 11.0 Å². The summed E-state index contributed by atoms with van der Waals surface area (Å²) in [6.45, 7) is 6.54. The molecule has 0 aliphatic rings. The minimum absolute atomic E-state index is 0.473. The minimum Gasteiger partial charge on any atom is -0.325 e. The number of fused-ring (bicyclic) bond motifs is 1. The molecule has 0 fully saturated rings. The number of hydrogen-bond donors (Lipinski definition) is 0. The summed E-state index contributed by atoms with van der Waals surface area (Å²) in [5.41, 5.74) is 3.57. The van der Waals surface area contributed by atoms with Gasteiger partial charge in [-0.2, -0.15) is 0 Å². The molecule has 2 rings (SSSR count). The van der Waals surface area contributed by atoms with Gasteiger partial charge < -0.3 is 4.57 Å². The van der Waals surface area contributed by atoms with Gasteiger partial charge in [0.25, 0.3) is 0 Å². The van der Waals surface area contributed by atoms with Gasteiger partial charge in [-0.05, 0) is 38.0 Å². The lowest BCUT2D eigenvalue weighted by Gasteiger charge is -2.15. The molecule has 0 bridgehead atoms. The van der Waals surface area contributed by atoms with Crippen LogP contribution in [0.5, 0.6) is 0 Å². The summed E-state index contributed by atoms with van der Waals surface area (Å²) in [5.74, 6) is 1.73.